The van der Waals surface area contributed by atoms with Crippen LogP contribution in [0.2, 0.25) is 0 Å². The second-order valence-electron chi connectivity index (χ2n) is 15.2. The summed E-state index contributed by atoms with van der Waals surface area (Å²) in [4.78, 5) is 22.5. The molecular formula is C49H88NO7P. The van der Waals surface area contributed by atoms with Gasteiger partial charge in [0.15, 0.2) is 0 Å². The van der Waals surface area contributed by atoms with Crippen LogP contribution < -0.4 is 5.73 Å². The second kappa shape index (κ2) is 46.0. The quantitative estimate of drug-likeness (QED) is 0.0270. The Labute approximate surface area is 356 Å². The molecule has 0 rings (SSSR count). The fraction of sp³-hybridized carbons (Fsp3) is 0.735. The van der Waals surface area contributed by atoms with Crippen molar-refractivity contribution in [1.82, 2.24) is 0 Å². The number of nitrogens with two attached hydrogens (primary N) is 1. The average Bonchev–Trinajstić information content (AvgIpc) is 3.21. The summed E-state index contributed by atoms with van der Waals surface area (Å²) in [5, 5.41) is 0. The predicted molar refractivity (Wildman–Crippen MR) is 247 cm³/mol. The van der Waals surface area contributed by atoms with E-state index < -0.39 is 13.9 Å². The molecule has 9 heteroatoms. The van der Waals surface area contributed by atoms with Gasteiger partial charge in [0.25, 0.3) is 0 Å². The number of carbonyl (C=O) groups excluding carboxylic acids is 1. The van der Waals surface area contributed by atoms with Crippen LogP contribution in [0.25, 0.3) is 0 Å². The second-order valence-corrected chi connectivity index (χ2v) is 16.7. The summed E-state index contributed by atoms with van der Waals surface area (Å²) >= 11 is 0. The molecule has 0 aliphatic heterocycles. The molecule has 0 aliphatic rings. The number of esters is 1. The molecule has 0 aliphatic carbocycles. The third kappa shape index (κ3) is 45.0. The van der Waals surface area contributed by atoms with E-state index in [1.54, 1.807) is 0 Å². The van der Waals surface area contributed by atoms with E-state index >= 15 is 0 Å². The summed E-state index contributed by atoms with van der Waals surface area (Å²) in [6.45, 7) is 4.76. The van der Waals surface area contributed by atoms with Gasteiger partial charge in [-0.25, -0.2) is 4.57 Å². The van der Waals surface area contributed by atoms with Crippen molar-refractivity contribution in [3.63, 3.8) is 0 Å². The fourth-order valence-electron chi connectivity index (χ4n) is 6.19. The molecule has 8 nitrogen and oxygen atoms in total. The third-order valence-corrected chi connectivity index (χ3v) is 10.6. The fourth-order valence-corrected chi connectivity index (χ4v) is 6.96. The van der Waals surface area contributed by atoms with E-state index in [4.69, 9.17) is 24.3 Å². The van der Waals surface area contributed by atoms with E-state index in [0.29, 0.717) is 13.0 Å². The molecule has 0 fully saturated rings. The van der Waals surface area contributed by atoms with Gasteiger partial charge in [0, 0.05) is 19.6 Å². The van der Waals surface area contributed by atoms with Gasteiger partial charge in [0.2, 0.25) is 0 Å². The normalized spacial score (nSPS) is 14.1. The van der Waals surface area contributed by atoms with Crippen LogP contribution in [0.15, 0.2) is 72.9 Å². The lowest BCUT2D eigenvalue weighted by atomic mass is 10.1. The number of allylic oxidation sites excluding steroid dienone is 12. The van der Waals surface area contributed by atoms with Crippen molar-refractivity contribution < 1.29 is 32.8 Å². The van der Waals surface area contributed by atoms with Gasteiger partial charge in [-0.1, -0.05) is 177 Å². The highest BCUT2D eigenvalue weighted by molar-refractivity contribution is 7.47. The van der Waals surface area contributed by atoms with Crippen LogP contribution in [0.3, 0.4) is 0 Å². The molecule has 0 amide bonds. The molecular weight excluding hydrogens is 746 g/mol. The Balaban J connectivity index is 4.06. The molecule has 0 aromatic heterocycles. The number of ether oxygens (including phenoxy) is 2. The van der Waals surface area contributed by atoms with Crippen LogP contribution in [0.1, 0.15) is 194 Å². The van der Waals surface area contributed by atoms with Crippen molar-refractivity contribution >= 4 is 13.8 Å². The first-order valence-electron chi connectivity index (χ1n) is 23.4. The zero-order valence-electron chi connectivity index (χ0n) is 37.3. The summed E-state index contributed by atoms with van der Waals surface area (Å²) in [5.74, 6) is -0.363. The first kappa shape index (κ1) is 55.9. The Kier molecular flexibility index (Phi) is 44.4. The molecule has 0 spiro atoms. The molecule has 0 heterocycles. The summed E-state index contributed by atoms with van der Waals surface area (Å²) in [7, 11) is -4.29. The highest BCUT2D eigenvalue weighted by atomic mass is 31.2. The Morgan fingerprint density at radius 1 is 0.534 bits per heavy atom. The average molecular weight is 834 g/mol. The van der Waals surface area contributed by atoms with E-state index in [1.165, 1.54) is 103 Å². The molecule has 2 unspecified atom stereocenters. The Morgan fingerprint density at radius 2 is 0.966 bits per heavy atom. The van der Waals surface area contributed by atoms with E-state index in [9.17, 15) is 14.3 Å². The SMILES string of the molecule is CC/C=C\C/C=C\C/C=C\C/C=C\C/C=C\CCCCCC(=O)OC(COCCCCCCCCCCCC/C=C\CCCCCCCC)COP(=O)(O)OCCN. The number of hydrogen-bond acceptors (Lipinski definition) is 7. The Hall–Kier alpha value is -2.06. The first-order valence-corrected chi connectivity index (χ1v) is 24.9. The van der Waals surface area contributed by atoms with E-state index in [0.717, 1.165) is 64.2 Å². The van der Waals surface area contributed by atoms with E-state index in [1.807, 2.05) is 0 Å². The van der Waals surface area contributed by atoms with Gasteiger partial charge < -0.3 is 20.1 Å². The van der Waals surface area contributed by atoms with Gasteiger partial charge in [-0.05, 0) is 83.5 Å². The van der Waals surface area contributed by atoms with Crippen LogP contribution in [0, 0.1) is 0 Å². The molecule has 0 radical (unpaired) electrons. The highest BCUT2D eigenvalue weighted by Crippen LogP contribution is 2.43. The maximum Gasteiger partial charge on any atom is 0.472 e. The summed E-state index contributed by atoms with van der Waals surface area (Å²) in [6.07, 6.45) is 57.8. The van der Waals surface area contributed by atoms with Crippen molar-refractivity contribution in [3.05, 3.63) is 72.9 Å². The van der Waals surface area contributed by atoms with Crippen LogP contribution in [-0.4, -0.2) is 49.9 Å². The van der Waals surface area contributed by atoms with E-state index in [2.05, 4.69) is 86.8 Å². The number of rotatable bonds is 44. The lowest BCUT2D eigenvalue weighted by Gasteiger charge is -2.20. The molecule has 3 N–H and O–H groups in total. The number of hydrogen-bond donors (Lipinski definition) is 2. The minimum absolute atomic E-state index is 0.0913. The van der Waals surface area contributed by atoms with Crippen molar-refractivity contribution in [1.29, 1.82) is 0 Å². The van der Waals surface area contributed by atoms with Gasteiger partial charge in [0.1, 0.15) is 6.10 Å². The smallest absolute Gasteiger partial charge is 0.457 e. The molecule has 336 valence electrons. The third-order valence-electron chi connectivity index (χ3n) is 9.61. The summed E-state index contributed by atoms with van der Waals surface area (Å²) < 4.78 is 33.5. The topological polar surface area (TPSA) is 117 Å². The zero-order chi connectivity index (χ0) is 42.3. The molecule has 0 saturated heterocycles. The zero-order valence-corrected chi connectivity index (χ0v) is 38.2. The minimum Gasteiger partial charge on any atom is -0.457 e. The lowest BCUT2D eigenvalue weighted by molar-refractivity contribution is -0.154. The molecule has 58 heavy (non-hydrogen) atoms. The molecule has 0 aromatic rings. The minimum atomic E-state index is -4.29. The number of phosphoric acid groups is 1. The highest BCUT2D eigenvalue weighted by Gasteiger charge is 2.25. The monoisotopic (exact) mass is 834 g/mol. The molecule has 2 atom stereocenters. The largest absolute Gasteiger partial charge is 0.472 e. The molecule has 0 bridgehead atoms. The number of phosphoric ester groups is 1. The van der Waals surface area contributed by atoms with Crippen LogP contribution in [0.5, 0.6) is 0 Å². The van der Waals surface area contributed by atoms with Crippen molar-refractivity contribution in [2.24, 2.45) is 5.73 Å². The van der Waals surface area contributed by atoms with Gasteiger partial charge >= 0.3 is 13.8 Å². The summed E-state index contributed by atoms with van der Waals surface area (Å²) in [6, 6.07) is 0. The summed E-state index contributed by atoms with van der Waals surface area (Å²) in [5.41, 5.74) is 5.38. The Bertz CT molecular complexity index is 1120. The van der Waals surface area contributed by atoms with E-state index in [-0.39, 0.29) is 38.8 Å². The molecule has 0 aromatic carbocycles. The van der Waals surface area contributed by atoms with Gasteiger partial charge in [0.05, 0.1) is 19.8 Å². The van der Waals surface area contributed by atoms with Crippen LogP contribution in [-0.2, 0) is 27.9 Å². The van der Waals surface area contributed by atoms with Crippen LogP contribution >= 0.6 is 7.82 Å². The molecule has 0 saturated carbocycles. The van der Waals surface area contributed by atoms with Crippen LogP contribution in [0.4, 0.5) is 0 Å². The number of unbranched alkanes of at least 4 members (excludes halogenated alkanes) is 19. The van der Waals surface area contributed by atoms with Gasteiger partial charge in [-0.2, -0.15) is 0 Å². The van der Waals surface area contributed by atoms with Gasteiger partial charge in [-0.15, -0.1) is 0 Å². The van der Waals surface area contributed by atoms with Gasteiger partial charge in [-0.3, -0.25) is 13.8 Å². The first-order chi connectivity index (χ1) is 28.4. The lowest BCUT2D eigenvalue weighted by Crippen LogP contribution is -2.28. The van der Waals surface area contributed by atoms with Crippen molar-refractivity contribution in [2.75, 3.05) is 33.0 Å². The Morgan fingerprint density at radius 3 is 1.47 bits per heavy atom. The van der Waals surface area contributed by atoms with Crippen molar-refractivity contribution in [2.45, 2.75) is 200 Å². The maximum atomic E-state index is 12.6. The maximum absolute atomic E-state index is 12.6. The van der Waals surface area contributed by atoms with Crippen molar-refractivity contribution in [3.8, 4) is 0 Å². The predicted octanol–water partition coefficient (Wildman–Crippen LogP) is 14.3. The number of carbonyl (C=O) groups is 1. The standard InChI is InChI=1S/C49H88NO7P/c1-3-5-7-9-11-13-15-17-19-21-23-25-27-29-31-33-35-37-39-41-44-54-46-48(47-56-58(52,53)55-45-43-50)57-49(51)42-40-38-36-34-32-30-28-26-24-22-20-18-16-14-12-10-8-6-4-2/h6,8,12,14,17-20,24,26,30,32,48H,3-5,7,9-11,13,15-16,21-23,25,27-29,31,33-47,50H2,1-2H3,(H,52,53)/b8-6-,14-12-,19-17-,20-18-,26-24-,32-30-.